The van der Waals surface area contributed by atoms with Crippen LogP contribution in [-0.2, 0) is 11.3 Å². The number of rotatable bonds is 8. The third kappa shape index (κ3) is 4.06. The zero-order valence-corrected chi connectivity index (χ0v) is 15.6. The summed E-state index contributed by atoms with van der Waals surface area (Å²) in [5.41, 5.74) is 2.08. The molecule has 0 aliphatic heterocycles. The van der Waals surface area contributed by atoms with Crippen LogP contribution >= 0.6 is 0 Å². The maximum Gasteiger partial charge on any atom is 0.341 e. The topological polar surface area (TPSA) is 103 Å². The lowest BCUT2D eigenvalue weighted by Gasteiger charge is -2.13. The lowest BCUT2D eigenvalue weighted by atomic mass is 10.2. The second-order valence-corrected chi connectivity index (χ2v) is 5.90. The number of aromatic nitrogens is 2. The van der Waals surface area contributed by atoms with E-state index in [2.05, 4.69) is 10.3 Å². The van der Waals surface area contributed by atoms with Crippen molar-refractivity contribution in [2.75, 3.05) is 18.5 Å². The molecule has 3 rings (SSSR count). The van der Waals surface area contributed by atoms with Gasteiger partial charge in [-0.1, -0.05) is 12.1 Å². The van der Waals surface area contributed by atoms with Gasteiger partial charge < -0.3 is 19.1 Å². The van der Waals surface area contributed by atoms with E-state index in [1.54, 1.807) is 13.0 Å². The molecule has 0 aliphatic rings. The predicted octanol–water partition coefficient (Wildman–Crippen LogP) is 3.17. The summed E-state index contributed by atoms with van der Waals surface area (Å²) < 4.78 is 12.6. The number of benzene rings is 2. The van der Waals surface area contributed by atoms with Crippen LogP contribution in [0.4, 0.5) is 5.95 Å². The van der Waals surface area contributed by atoms with Crippen molar-refractivity contribution in [2.24, 2.45) is 0 Å². The fourth-order valence-electron chi connectivity index (χ4n) is 2.84. The number of hydrogen-bond donors (Lipinski definition) is 2. The van der Waals surface area contributed by atoms with Gasteiger partial charge in [0.25, 0.3) is 5.91 Å². The number of anilines is 1. The first-order chi connectivity index (χ1) is 13.5. The Morgan fingerprint density at radius 2 is 1.89 bits per heavy atom. The summed E-state index contributed by atoms with van der Waals surface area (Å²) in [5.74, 6) is -0.418. The molecule has 1 amide bonds. The minimum Gasteiger partial charge on any atom is -0.490 e. The van der Waals surface area contributed by atoms with Gasteiger partial charge in [-0.15, -0.1) is 0 Å². The number of aliphatic carboxylic acids is 1. The van der Waals surface area contributed by atoms with E-state index in [9.17, 15) is 9.59 Å². The number of carbonyl (C=O) groups excluding carboxylic acids is 1. The molecule has 0 unspecified atom stereocenters. The number of ether oxygens (including phenoxy) is 2. The highest BCUT2D eigenvalue weighted by molar-refractivity contribution is 6.04. The number of para-hydroxylation sites is 2. The average Bonchev–Trinajstić information content (AvgIpc) is 3.03. The minimum atomic E-state index is -1.09. The lowest BCUT2D eigenvalue weighted by Crippen LogP contribution is -2.16. The van der Waals surface area contributed by atoms with Gasteiger partial charge in [0, 0.05) is 12.1 Å². The van der Waals surface area contributed by atoms with E-state index >= 15 is 0 Å². The summed E-state index contributed by atoms with van der Waals surface area (Å²) in [5, 5.41) is 11.6. The standard InChI is InChI=1S/C20H21N3O5/c1-3-23-15-8-6-5-7-14(15)21-20(23)22-19(26)13-9-10-16(28-12-18(24)25)17(11-13)27-4-2/h5-11H,3-4,12H2,1-2H3,(H,24,25)(H,21,22,26). The molecule has 8 heteroatoms. The summed E-state index contributed by atoms with van der Waals surface area (Å²) in [7, 11) is 0. The normalized spacial score (nSPS) is 10.6. The molecule has 1 aromatic heterocycles. The Labute approximate surface area is 161 Å². The van der Waals surface area contributed by atoms with Crippen LogP contribution in [0.25, 0.3) is 11.0 Å². The van der Waals surface area contributed by atoms with Crippen LogP contribution in [0.15, 0.2) is 42.5 Å². The molecule has 0 aliphatic carbocycles. The van der Waals surface area contributed by atoms with E-state index in [0.29, 0.717) is 30.4 Å². The Morgan fingerprint density at radius 1 is 1.11 bits per heavy atom. The van der Waals surface area contributed by atoms with E-state index in [1.165, 1.54) is 12.1 Å². The lowest BCUT2D eigenvalue weighted by molar-refractivity contribution is -0.139. The summed E-state index contributed by atoms with van der Waals surface area (Å²) in [6.07, 6.45) is 0. The molecule has 0 atom stereocenters. The summed E-state index contributed by atoms with van der Waals surface area (Å²) in [4.78, 5) is 27.9. The van der Waals surface area contributed by atoms with E-state index in [4.69, 9.17) is 14.6 Å². The Hall–Kier alpha value is -3.55. The fourth-order valence-corrected chi connectivity index (χ4v) is 2.84. The molecule has 146 valence electrons. The molecule has 0 radical (unpaired) electrons. The number of carboxylic acids is 1. The van der Waals surface area contributed by atoms with Crippen molar-refractivity contribution >= 4 is 28.9 Å². The summed E-state index contributed by atoms with van der Waals surface area (Å²) in [6, 6.07) is 12.2. The smallest absolute Gasteiger partial charge is 0.341 e. The zero-order chi connectivity index (χ0) is 20.1. The molecule has 3 aromatic rings. The molecule has 28 heavy (non-hydrogen) atoms. The molecule has 0 fully saturated rings. The van der Waals surface area contributed by atoms with Gasteiger partial charge in [0.05, 0.1) is 17.6 Å². The van der Waals surface area contributed by atoms with E-state index in [0.717, 1.165) is 11.0 Å². The molecule has 8 nitrogen and oxygen atoms in total. The summed E-state index contributed by atoms with van der Waals surface area (Å²) in [6.45, 7) is 4.28. The predicted molar refractivity (Wildman–Crippen MR) is 104 cm³/mol. The SMILES string of the molecule is CCOc1cc(C(=O)Nc2nc3ccccc3n2CC)ccc1OCC(=O)O. The number of hydrogen-bond acceptors (Lipinski definition) is 5. The number of fused-ring (bicyclic) bond motifs is 1. The molecule has 2 aromatic carbocycles. The van der Waals surface area contributed by atoms with E-state index in [-0.39, 0.29) is 11.7 Å². The monoisotopic (exact) mass is 383 g/mol. The van der Waals surface area contributed by atoms with Crippen molar-refractivity contribution in [3.8, 4) is 11.5 Å². The van der Waals surface area contributed by atoms with Crippen molar-refractivity contribution in [1.29, 1.82) is 0 Å². The molecule has 0 saturated heterocycles. The maximum absolute atomic E-state index is 12.7. The van der Waals surface area contributed by atoms with Crippen molar-refractivity contribution in [2.45, 2.75) is 20.4 Å². The van der Waals surface area contributed by atoms with Gasteiger partial charge in [-0.2, -0.15) is 0 Å². The van der Waals surface area contributed by atoms with E-state index in [1.807, 2.05) is 35.8 Å². The number of nitrogens with zero attached hydrogens (tertiary/aromatic N) is 2. The van der Waals surface area contributed by atoms with Gasteiger partial charge in [0.1, 0.15) is 0 Å². The molecular formula is C20H21N3O5. The molecule has 2 N–H and O–H groups in total. The number of imidazole rings is 1. The molecule has 1 heterocycles. The molecular weight excluding hydrogens is 362 g/mol. The maximum atomic E-state index is 12.7. The Balaban J connectivity index is 1.86. The minimum absolute atomic E-state index is 0.265. The number of carboxylic acid groups (broad SMARTS) is 1. The van der Waals surface area contributed by atoms with Gasteiger partial charge in [-0.05, 0) is 44.2 Å². The molecule has 0 saturated carbocycles. The van der Waals surface area contributed by atoms with E-state index < -0.39 is 12.6 Å². The number of nitrogens with one attached hydrogen (secondary N) is 1. The van der Waals surface area contributed by atoms with Crippen LogP contribution in [0, 0.1) is 0 Å². The third-order valence-corrected chi connectivity index (χ3v) is 4.05. The van der Waals surface area contributed by atoms with Crippen molar-refractivity contribution in [1.82, 2.24) is 9.55 Å². The highest BCUT2D eigenvalue weighted by Crippen LogP contribution is 2.29. The van der Waals surface area contributed by atoms with Crippen molar-refractivity contribution in [3.05, 3.63) is 48.0 Å². The van der Waals surface area contributed by atoms with Crippen LogP contribution < -0.4 is 14.8 Å². The highest BCUT2D eigenvalue weighted by atomic mass is 16.5. The van der Waals surface area contributed by atoms with Crippen molar-refractivity contribution < 1.29 is 24.2 Å². The van der Waals surface area contributed by atoms with Crippen molar-refractivity contribution in [3.63, 3.8) is 0 Å². The van der Waals surface area contributed by atoms with Crippen LogP contribution in [0.3, 0.4) is 0 Å². The Morgan fingerprint density at radius 3 is 2.61 bits per heavy atom. The van der Waals surface area contributed by atoms with Crippen LogP contribution in [0.5, 0.6) is 11.5 Å². The fraction of sp³-hybridized carbons (Fsp3) is 0.250. The Bertz CT molecular complexity index is 1010. The second-order valence-electron chi connectivity index (χ2n) is 5.90. The third-order valence-electron chi connectivity index (χ3n) is 4.05. The zero-order valence-electron chi connectivity index (χ0n) is 15.6. The number of carbonyl (C=O) groups is 2. The number of amides is 1. The first-order valence-electron chi connectivity index (χ1n) is 8.91. The van der Waals surface area contributed by atoms with Gasteiger partial charge in [-0.3, -0.25) is 10.1 Å². The molecule has 0 spiro atoms. The van der Waals surface area contributed by atoms with Gasteiger partial charge >= 0.3 is 5.97 Å². The van der Waals surface area contributed by atoms with Gasteiger partial charge in [-0.25, -0.2) is 9.78 Å². The van der Waals surface area contributed by atoms with Crippen LogP contribution in [0.1, 0.15) is 24.2 Å². The largest absolute Gasteiger partial charge is 0.490 e. The Kier molecular flexibility index (Phi) is 5.78. The first kappa shape index (κ1) is 19.2. The molecule has 0 bridgehead atoms. The number of aryl methyl sites for hydroxylation is 1. The van der Waals surface area contributed by atoms with Crippen LogP contribution in [0.2, 0.25) is 0 Å². The van der Waals surface area contributed by atoms with Gasteiger partial charge in [0.2, 0.25) is 5.95 Å². The highest BCUT2D eigenvalue weighted by Gasteiger charge is 2.16. The quantitative estimate of drug-likeness (QED) is 0.619. The van der Waals surface area contributed by atoms with Crippen LogP contribution in [-0.4, -0.2) is 39.7 Å². The average molecular weight is 383 g/mol. The summed E-state index contributed by atoms with van der Waals surface area (Å²) >= 11 is 0. The first-order valence-corrected chi connectivity index (χ1v) is 8.91. The van der Waals surface area contributed by atoms with Gasteiger partial charge in [0.15, 0.2) is 18.1 Å². The second kappa shape index (κ2) is 8.43.